The highest BCUT2D eigenvalue weighted by Gasteiger charge is 2.45. The van der Waals surface area contributed by atoms with Crippen molar-refractivity contribution in [2.45, 2.75) is 37.6 Å². The van der Waals surface area contributed by atoms with Crippen molar-refractivity contribution >= 4 is 11.8 Å². The first-order chi connectivity index (χ1) is 6.54. The smallest absolute Gasteiger partial charge is 0.240 e. The van der Waals surface area contributed by atoms with Gasteiger partial charge in [-0.05, 0) is 25.7 Å². The van der Waals surface area contributed by atoms with Gasteiger partial charge in [-0.25, -0.2) is 0 Å². The lowest BCUT2D eigenvalue weighted by atomic mass is 10.2. The Bertz CT molecular complexity index is 236. The summed E-state index contributed by atoms with van der Waals surface area (Å²) in [6.07, 6.45) is 3.42. The van der Waals surface area contributed by atoms with Gasteiger partial charge in [-0.3, -0.25) is 9.59 Å². The van der Waals surface area contributed by atoms with Crippen molar-refractivity contribution in [2.75, 3.05) is 6.54 Å². The number of nitrogens with one attached hydrogen (secondary N) is 1. The minimum Gasteiger partial charge on any atom is -0.370 e. The molecule has 5 nitrogen and oxygen atoms in total. The van der Waals surface area contributed by atoms with Gasteiger partial charge in [0.1, 0.15) is 0 Å². The van der Waals surface area contributed by atoms with E-state index in [9.17, 15) is 9.59 Å². The average Bonchev–Trinajstić information content (AvgIpc) is 2.83. The Morgan fingerprint density at radius 3 is 2.43 bits per heavy atom. The van der Waals surface area contributed by atoms with Gasteiger partial charge in [0.15, 0.2) is 0 Å². The maximum absolute atomic E-state index is 11.3. The zero-order valence-corrected chi connectivity index (χ0v) is 8.21. The van der Waals surface area contributed by atoms with Gasteiger partial charge in [0.2, 0.25) is 11.8 Å². The Morgan fingerprint density at radius 1 is 1.29 bits per heavy atom. The highest BCUT2D eigenvalue weighted by Crippen LogP contribution is 2.31. The summed E-state index contributed by atoms with van der Waals surface area (Å²) in [5, 5.41) is 2.74. The van der Waals surface area contributed by atoms with Crippen molar-refractivity contribution in [3.05, 3.63) is 0 Å². The Balaban J connectivity index is 1.99. The molecular weight excluding hydrogens is 182 g/mol. The molecule has 14 heavy (non-hydrogen) atoms. The minimum absolute atomic E-state index is 0.0726. The number of amides is 2. The first-order valence-electron chi connectivity index (χ1n) is 4.90. The van der Waals surface area contributed by atoms with Crippen LogP contribution in [0.2, 0.25) is 0 Å². The molecule has 0 radical (unpaired) electrons. The van der Waals surface area contributed by atoms with Gasteiger partial charge >= 0.3 is 0 Å². The normalized spacial score (nSPS) is 17.5. The van der Waals surface area contributed by atoms with Crippen LogP contribution < -0.4 is 16.8 Å². The topological polar surface area (TPSA) is 98.2 Å². The van der Waals surface area contributed by atoms with E-state index in [-0.39, 0.29) is 11.8 Å². The molecule has 0 heterocycles. The molecule has 0 aromatic rings. The molecule has 5 heteroatoms. The third kappa shape index (κ3) is 3.33. The fraction of sp³-hybridized carbons (Fsp3) is 0.778. The summed E-state index contributed by atoms with van der Waals surface area (Å²) in [6.45, 7) is 0.574. The molecule has 0 aromatic heterocycles. The van der Waals surface area contributed by atoms with Crippen LogP contribution in [0.3, 0.4) is 0 Å². The first-order valence-corrected chi connectivity index (χ1v) is 4.90. The fourth-order valence-electron chi connectivity index (χ4n) is 1.16. The molecule has 1 rings (SSSR count). The van der Waals surface area contributed by atoms with E-state index in [0.717, 1.165) is 19.3 Å². The van der Waals surface area contributed by atoms with Crippen LogP contribution in [0.5, 0.6) is 0 Å². The van der Waals surface area contributed by atoms with E-state index in [4.69, 9.17) is 11.5 Å². The summed E-state index contributed by atoms with van der Waals surface area (Å²) in [6, 6.07) is 0. The van der Waals surface area contributed by atoms with Crippen LogP contribution in [0, 0.1) is 0 Å². The number of hydrogen-bond acceptors (Lipinski definition) is 3. The molecule has 5 N–H and O–H groups in total. The standard InChI is InChI=1S/C9H17N3O2/c10-7(13)3-1-2-6-12-8(14)9(11)4-5-9/h1-6,11H2,(H2,10,13)(H,12,14). The maximum Gasteiger partial charge on any atom is 0.240 e. The number of carbonyl (C=O) groups excluding carboxylic acids is 2. The Kier molecular flexibility index (Phi) is 3.46. The largest absolute Gasteiger partial charge is 0.370 e. The van der Waals surface area contributed by atoms with Crippen molar-refractivity contribution in [3.8, 4) is 0 Å². The van der Waals surface area contributed by atoms with E-state index in [0.29, 0.717) is 19.4 Å². The van der Waals surface area contributed by atoms with Crippen LogP contribution in [-0.2, 0) is 9.59 Å². The summed E-state index contributed by atoms with van der Waals surface area (Å²) in [5.41, 5.74) is 10.0. The number of carbonyl (C=O) groups is 2. The molecule has 0 atom stereocenters. The summed E-state index contributed by atoms with van der Waals surface area (Å²) >= 11 is 0. The molecule has 0 spiro atoms. The van der Waals surface area contributed by atoms with Crippen molar-refractivity contribution in [1.29, 1.82) is 0 Å². The van der Waals surface area contributed by atoms with Crippen molar-refractivity contribution in [2.24, 2.45) is 11.5 Å². The number of unbranched alkanes of at least 4 members (excludes halogenated alkanes) is 1. The monoisotopic (exact) mass is 199 g/mol. The predicted octanol–water partition coefficient (Wildman–Crippen LogP) is -0.750. The fourth-order valence-corrected chi connectivity index (χ4v) is 1.16. The van der Waals surface area contributed by atoms with E-state index in [1.807, 2.05) is 0 Å². The second kappa shape index (κ2) is 4.41. The second-order valence-electron chi connectivity index (χ2n) is 3.84. The van der Waals surface area contributed by atoms with E-state index in [2.05, 4.69) is 5.32 Å². The maximum atomic E-state index is 11.3. The summed E-state index contributed by atoms with van der Waals surface area (Å²) in [5.74, 6) is -0.370. The van der Waals surface area contributed by atoms with Crippen LogP contribution in [0.25, 0.3) is 0 Å². The molecule has 0 aromatic carbocycles. The zero-order chi connectivity index (χ0) is 10.6. The quantitative estimate of drug-likeness (QED) is 0.491. The van der Waals surface area contributed by atoms with E-state index in [1.165, 1.54) is 0 Å². The van der Waals surface area contributed by atoms with Gasteiger partial charge in [-0.15, -0.1) is 0 Å². The number of nitrogens with two attached hydrogens (primary N) is 2. The van der Waals surface area contributed by atoms with Crippen LogP contribution in [0.15, 0.2) is 0 Å². The van der Waals surface area contributed by atoms with Crippen LogP contribution in [0.4, 0.5) is 0 Å². The average molecular weight is 199 g/mol. The molecule has 0 bridgehead atoms. The molecule has 0 saturated heterocycles. The van der Waals surface area contributed by atoms with E-state index >= 15 is 0 Å². The SMILES string of the molecule is NC(=O)CCCCNC(=O)C1(N)CC1. The molecule has 1 aliphatic rings. The van der Waals surface area contributed by atoms with Crippen molar-refractivity contribution < 1.29 is 9.59 Å². The highest BCUT2D eigenvalue weighted by atomic mass is 16.2. The Morgan fingerprint density at radius 2 is 1.93 bits per heavy atom. The molecule has 80 valence electrons. The van der Waals surface area contributed by atoms with Gasteiger partial charge in [0.05, 0.1) is 5.54 Å². The van der Waals surface area contributed by atoms with Gasteiger partial charge in [-0.2, -0.15) is 0 Å². The molecular formula is C9H17N3O2. The molecule has 1 aliphatic carbocycles. The molecule has 0 unspecified atom stereocenters. The highest BCUT2D eigenvalue weighted by molar-refractivity contribution is 5.88. The lowest BCUT2D eigenvalue weighted by molar-refractivity contribution is -0.123. The van der Waals surface area contributed by atoms with Gasteiger partial charge < -0.3 is 16.8 Å². The number of primary amides is 1. The summed E-state index contributed by atoms with van der Waals surface area (Å²) in [7, 11) is 0. The predicted molar refractivity (Wildman–Crippen MR) is 52.2 cm³/mol. The lowest BCUT2D eigenvalue weighted by Gasteiger charge is -2.09. The van der Waals surface area contributed by atoms with E-state index in [1.54, 1.807) is 0 Å². The van der Waals surface area contributed by atoms with Crippen molar-refractivity contribution in [3.63, 3.8) is 0 Å². The van der Waals surface area contributed by atoms with Gasteiger partial charge in [0.25, 0.3) is 0 Å². The third-order valence-electron chi connectivity index (χ3n) is 2.38. The van der Waals surface area contributed by atoms with E-state index < -0.39 is 5.54 Å². The minimum atomic E-state index is -0.594. The molecule has 2 amide bonds. The zero-order valence-electron chi connectivity index (χ0n) is 8.21. The molecule has 1 saturated carbocycles. The third-order valence-corrected chi connectivity index (χ3v) is 2.38. The Labute approximate surface area is 83.2 Å². The second-order valence-corrected chi connectivity index (χ2v) is 3.84. The molecule has 1 fully saturated rings. The van der Waals surface area contributed by atoms with Gasteiger partial charge in [0, 0.05) is 13.0 Å². The molecule has 0 aliphatic heterocycles. The van der Waals surface area contributed by atoms with Crippen molar-refractivity contribution in [1.82, 2.24) is 5.32 Å². The first kappa shape index (κ1) is 11.0. The van der Waals surface area contributed by atoms with Gasteiger partial charge in [-0.1, -0.05) is 0 Å². The number of rotatable bonds is 6. The van der Waals surface area contributed by atoms with Crippen LogP contribution in [-0.4, -0.2) is 23.9 Å². The summed E-state index contributed by atoms with van der Waals surface area (Å²) < 4.78 is 0. The summed E-state index contributed by atoms with van der Waals surface area (Å²) in [4.78, 5) is 21.7. The Hall–Kier alpha value is -1.10. The van der Waals surface area contributed by atoms with Crippen LogP contribution >= 0.6 is 0 Å². The number of hydrogen-bond donors (Lipinski definition) is 3. The van der Waals surface area contributed by atoms with Crippen LogP contribution in [0.1, 0.15) is 32.1 Å². The lowest BCUT2D eigenvalue weighted by Crippen LogP contribution is -2.43.